The molecule has 1 fully saturated rings. The standard InChI is InChI=1S/C12H13ClN2O/c1-15-7-12(16-9-5-14-6-9)10-3-2-8(13)4-11(10)15/h2-4,7,9,14H,5-6H2,1H3. The quantitative estimate of drug-likeness (QED) is 0.865. The van der Waals surface area contributed by atoms with Crippen molar-refractivity contribution in [2.45, 2.75) is 6.10 Å². The first kappa shape index (κ1) is 10.00. The van der Waals surface area contributed by atoms with Crippen LogP contribution in [0.15, 0.2) is 24.4 Å². The predicted octanol–water partition coefficient (Wildman–Crippen LogP) is 2.18. The zero-order valence-electron chi connectivity index (χ0n) is 9.03. The molecule has 0 amide bonds. The smallest absolute Gasteiger partial charge is 0.145 e. The van der Waals surface area contributed by atoms with E-state index < -0.39 is 0 Å². The molecule has 0 atom stereocenters. The van der Waals surface area contributed by atoms with Crippen molar-refractivity contribution < 1.29 is 4.74 Å². The third kappa shape index (κ3) is 1.56. The van der Waals surface area contributed by atoms with Gasteiger partial charge in [0.05, 0.1) is 5.52 Å². The summed E-state index contributed by atoms with van der Waals surface area (Å²) in [4.78, 5) is 0. The van der Waals surface area contributed by atoms with Crippen LogP contribution in [-0.2, 0) is 7.05 Å². The van der Waals surface area contributed by atoms with Crippen LogP contribution in [0.3, 0.4) is 0 Å². The van der Waals surface area contributed by atoms with Gasteiger partial charge in [-0.15, -0.1) is 0 Å². The molecular weight excluding hydrogens is 224 g/mol. The molecular formula is C12H13ClN2O. The van der Waals surface area contributed by atoms with Crippen molar-refractivity contribution >= 4 is 22.5 Å². The Kier molecular flexibility index (Phi) is 2.30. The molecule has 1 N–H and O–H groups in total. The van der Waals surface area contributed by atoms with E-state index in [0.29, 0.717) is 6.10 Å². The largest absolute Gasteiger partial charge is 0.486 e. The van der Waals surface area contributed by atoms with E-state index in [9.17, 15) is 0 Å². The molecule has 4 heteroatoms. The van der Waals surface area contributed by atoms with Crippen molar-refractivity contribution in [3.05, 3.63) is 29.4 Å². The first-order chi connectivity index (χ1) is 7.74. The molecule has 2 aromatic rings. The highest BCUT2D eigenvalue weighted by molar-refractivity contribution is 6.31. The number of fused-ring (bicyclic) bond motifs is 1. The molecule has 1 aliphatic heterocycles. The van der Waals surface area contributed by atoms with Crippen molar-refractivity contribution in [1.82, 2.24) is 9.88 Å². The molecule has 1 saturated heterocycles. The molecule has 16 heavy (non-hydrogen) atoms. The van der Waals surface area contributed by atoms with Gasteiger partial charge in [-0.2, -0.15) is 0 Å². The van der Waals surface area contributed by atoms with E-state index in [1.165, 1.54) is 0 Å². The highest BCUT2D eigenvalue weighted by atomic mass is 35.5. The number of ether oxygens (including phenoxy) is 1. The molecule has 1 aromatic carbocycles. The Morgan fingerprint density at radius 1 is 1.44 bits per heavy atom. The predicted molar refractivity (Wildman–Crippen MR) is 65.2 cm³/mol. The van der Waals surface area contributed by atoms with E-state index in [1.807, 2.05) is 36.0 Å². The van der Waals surface area contributed by atoms with Gasteiger partial charge in [-0.25, -0.2) is 0 Å². The first-order valence-electron chi connectivity index (χ1n) is 5.36. The minimum atomic E-state index is 0.307. The van der Waals surface area contributed by atoms with Crippen LogP contribution in [0.5, 0.6) is 5.75 Å². The number of halogens is 1. The van der Waals surface area contributed by atoms with Crippen LogP contribution in [-0.4, -0.2) is 23.8 Å². The van der Waals surface area contributed by atoms with Crippen LogP contribution in [0, 0.1) is 0 Å². The SMILES string of the molecule is Cn1cc(OC2CNC2)c2ccc(Cl)cc21. The number of nitrogens with zero attached hydrogens (tertiary/aromatic N) is 1. The summed E-state index contributed by atoms with van der Waals surface area (Å²) < 4.78 is 7.94. The highest BCUT2D eigenvalue weighted by Gasteiger charge is 2.20. The maximum absolute atomic E-state index is 5.98. The summed E-state index contributed by atoms with van der Waals surface area (Å²) in [5, 5.41) is 5.07. The van der Waals surface area contributed by atoms with Gasteiger partial charge in [0.2, 0.25) is 0 Å². The molecule has 3 nitrogen and oxygen atoms in total. The van der Waals surface area contributed by atoms with Crippen molar-refractivity contribution in [2.24, 2.45) is 7.05 Å². The third-order valence-corrected chi connectivity index (χ3v) is 3.19. The van der Waals surface area contributed by atoms with Crippen LogP contribution in [0.2, 0.25) is 5.02 Å². The summed E-state index contributed by atoms with van der Waals surface area (Å²) in [5.74, 6) is 0.945. The van der Waals surface area contributed by atoms with Crippen LogP contribution in [0.4, 0.5) is 0 Å². The molecule has 3 rings (SSSR count). The topological polar surface area (TPSA) is 26.2 Å². The van der Waals surface area contributed by atoms with Crippen LogP contribution < -0.4 is 10.1 Å². The van der Waals surface area contributed by atoms with Crippen LogP contribution >= 0.6 is 11.6 Å². The molecule has 0 unspecified atom stereocenters. The van der Waals surface area contributed by atoms with Crippen molar-refractivity contribution in [3.8, 4) is 5.75 Å². The molecule has 1 aliphatic rings. The van der Waals surface area contributed by atoms with Crippen molar-refractivity contribution in [2.75, 3.05) is 13.1 Å². The fourth-order valence-electron chi connectivity index (χ4n) is 1.94. The van der Waals surface area contributed by atoms with Crippen molar-refractivity contribution in [1.29, 1.82) is 0 Å². The van der Waals surface area contributed by atoms with Gasteiger partial charge in [-0.05, 0) is 18.2 Å². The second-order valence-corrected chi connectivity index (χ2v) is 4.60. The Balaban J connectivity index is 2.03. The molecule has 1 aromatic heterocycles. The van der Waals surface area contributed by atoms with E-state index >= 15 is 0 Å². The number of nitrogens with one attached hydrogen (secondary N) is 1. The fourth-order valence-corrected chi connectivity index (χ4v) is 2.11. The summed E-state index contributed by atoms with van der Waals surface area (Å²) in [5.41, 5.74) is 1.11. The lowest BCUT2D eigenvalue weighted by atomic mass is 10.2. The number of rotatable bonds is 2. The molecule has 0 radical (unpaired) electrons. The Hall–Kier alpha value is -1.19. The minimum absolute atomic E-state index is 0.307. The third-order valence-electron chi connectivity index (χ3n) is 2.95. The molecule has 2 heterocycles. The van der Waals surface area contributed by atoms with E-state index in [-0.39, 0.29) is 0 Å². The monoisotopic (exact) mass is 236 g/mol. The first-order valence-corrected chi connectivity index (χ1v) is 5.74. The van der Waals surface area contributed by atoms with Gasteiger partial charge in [-0.1, -0.05) is 11.6 Å². The molecule has 84 valence electrons. The maximum Gasteiger partial charge on any atom is 0.145 e. The van der Waals surface area contributed by atoms with E-state index in [1.54, 1.807) is 0 Å². The van der Waals surface area contributed by atoms with Gasteiger partial charge < -0.3 is 14.6 Å². The summed E-state index contributed by atoms with van der Waals surface area (Å²) in [6, 6.07) is 5.87. The molecule has 0 spiro atoms. The van der Waals surface area contributed by atoms with Gasteiger partial charge in [0.15, 0.2) is 0 Å². The van der Waals surface area contributed by atoms with Crippen LogP contribution in [0.25, 0.3) is 10.9 Å². The Morgan fingerprint density at radius 2 is 2.25 bits per heavy atom. The van der Waals surface area contributed by atoms with Crippen molar-refractivity contribution in [3.63, 3.8) is 0 Å². The lowest BCUT2D eigenvalue weighted by Crippen LogP contribution is -2.50. The Labute approximate surface area is 99.0 Å². The molecule has 0 saturated carbocycles. The lowest BCUT2D eigenvalue weighted by Gasteiger charge is -2.27. The summed E-state index contributed by atoms with van der Waals surface area (Å²) in [7, 11) is 2.00. The molecule has 0 bridgehead atoms. The Bertz CT molecular complexity index is 531. The number of aryl methyl sites for hydroxylation is 1. The second-order valence-electron chi connectivity index (χ2n) is 4.16. The highest BCUT2D eigenvalue weighted by Crippen LogP contribution is 2.30. The summed E-state index contributed by atoms with van der Waals surface area (Å²) in [6.45, 7) is 1.87. The number of aromatic nitrogens is 1. The zero-order chi connectivity index (χ0) is 11.1. The normalized spacial score (nSPS) is 16.4. The fraction of sp³-hybridized carbons (Fsp3) is 0.333. The minimum Gasteiger partial charge on any atom is -0.486 e. The zero-order valence-corrected chi connectivity index (χ0v) is 9.79. The summed E-state index contributed by atoms with van der Waals surface area (Å²) >= 11 is 5.98. The Morgan fingerprint density at radius 3 is 2.94 bits per heavy atom. The molecule has 0 aliphatic carbocycles. The van der Waals surface area contributed by atoms with Gasteiger partial charge in [0.25, 0.3) is 0 Å². The number of hydrogen-bond donors (Lipinski definition) is 1. The van der Waals surface area contributed by atoms with Gasteiger partial charge in [-0.3, -0.25) is 0 Å². The number of hydrogen-bond acceptors (Lipinski definition) is 2. The maximum atomic E-state index is 5.98. The second kappa shape index (κ2) is 3.68. The van der Waals surface area contributed by atoms with E-state index in [0.717, 1.165) is 34.8 Å². The van der Waals surface area contributed by atoms with Gasteiger partial charge in [0.1, 0.15) is 11.9 Å². The average Bonchev–Trinajstić information content (AvgIpc) is 2.50. The average molecular weight is 237 g/mol. The van der Waals surface area contributed by atoms with Crippen LogP contribution in [0.1, 0.15) is 0 Å². The van der Waals surface area contributed by atoms with E-state index in [2.05, 4.69) is 5.32 Å². The summed E-state index contributed by atoms with van der Waals surface area (Å²) in [6.07, 6.45) is 2.32. The lowest BCUT2D eigenvalue weighted by molar-refractivity contribution is 0.144. The van der Waals surface area contributed by atoms with E-state index in [4.69, 9.17) is 16.3 Å². The van der Waals surface area contributed by atoms with Gasteiger partial charge >= 0.3 is 0 Å². The van der Waals surface area contributed by atoms with Gasteiger partial charge in [0, 0.05) is 36.7 Å². The number of benzene rings is 1.